The minimum atomic E-state index is -0.254. The van der Waals surface area contributed by atoms with Gasteiger partial charge in [0.15, 0.2) is 0 Å². The first-order chi connectivity index (χ1) is 8.34. The third-order valence-electron chi connectivity index (χ3n) is 2.30. The molecule has 0 aliphatic heterocycles. The Labute approximate surface area is 99.6 Å². The molecular formula is C13H14N2O2. The van der Waals surface area contributed by atoms with E-state index in [1.807, 2.05) is 30.3 Å². The lowest BCUT2D eigenvalue weighted by atomic mass is 10.1. The van der Waals surface area contributed by atoms with Crippen LogP contribution >= 0.6 is 0 Å². The number of benzene rings is 1. The van der Waals surface area contributed by atoms with Crippen LogP contribution in [0.25, 0.3) is 0 Å². The highest BCUT2D eigenvalue weighted by Gasteiger charge is 2.02. The van der Waals surface area contributed by atoms with Crippen molar-refractivity contribution >= 4 is 11.9 Å². The number of hydrogen-bond acceptors (Lipinski definition) is 2. The molecule has 0 aliphatic carbocycles. The molecule has 4 nitrogen and oxygen atoms in total. The van der Waals surface area contributed by atoms with Gasteiger partial charge in [-0.05, 0) is 18.1 Å². The summed E-state index contributed by atoms with van der Waals surface area (Å²) < 4.78 is 5.00. The number of rotatable bonds is 4. The van der Waals surface area contributed by atoms with Crippen LogP contribution in [-0.4, -0.2) is 12.6 Å². The largest absolute Gasteiger partial charge is 0.449 e. The van der Waals surface area contributed by atoms with E-state index in [0.717, 1.165) is 6.42 Å². The lowest BCUT2D eigenvalue weighted by molar-refractivity contribution is 0.251. The molecule has 0 spiro atoms. The number of hydrogen-bond donors (Lipinski definition) is 2. The highest BCUT2D eigenvalue weighted by atomic mass is 16.3. The van der Waals surface area contributed by atoms with Crippen molar-refractivity contribution in [3.8, 4) is 0 Å². The van der Waals surface area contributed by atoms with E-state index < -0.39 is 0 Å². The van der Waals surface area contributed by atoms with Crippen molar-refractivity contribution in [3.63, 3.8) is 0 Å². The Balaban J connectivity index is 1.70. The zero-order valence-corrected chi connectivity index (χ0v) is 9.35. The summed E-state index contributed by atoms with van der Waals surface area (Å²) in [6.45, 7) is 0.594. The molecule has 1 aromatic heterocycles. The van der Waals surface area contributed by atoms with Crippen LogP contribution in [0.2, 0.25) is 0 Å². The van der Waals surface area contributed by atoms with E-state index in [1.54, 1.807) is 12.1 Å². The van der Waals surface area contributed by atoms with E-state index in [1.165, 1.54) is 11.8 Å². The zero-order chi connectivity index (χ0) is 11.9. The fourth-order valence-corrected chi connectivity index (χ4v) is 1.47. The van der Waals surface area contributed by atoms with Crippen LogP contribution in [0.5, 0.6) is 0 Å². The summed E-state index contributed by atoms with van der Waals surface area (Å²) in [4.78, 5) is 11.4. The smallest absolute Gasteiger partial charge is 0.321 e. The lowest BCUT2D eigenvalue weighted by Crippen LogP contribution is -2.30. The Bertz CT molecular complexity index is 452. The predicted octanol–water partition coefficient (Wildman–Crippen LogP) is 2.64. The fraction of sp³-hybridized carbons (Fsp3) is 0.154. The van der Waals surface area contributed by atoms with Crippen LogP contribution in [0.1, 0.15) is 5.56 Å². The normalized spacial score (nSPS) is 9.88. The number of furan rings is 1. The van der Waals surface area contributed by atoms with Crippen LogP contribution in [0.3, 0.4) is 0 Å². The van der Waals surface area contributed by atoms with Gasteiger partial charge < -0.3 is 9.73 Å². The maximum absolute atomic E-state index is 11.4. The Hall–Kier alpha value is -2.23. The average molecular weight is 230 g/mol. The number of carbonyl (C=O) groups is 1. The number of amides is 2. The number of carbonyl (C=O) groups excluding carboxylic acids is 1. The molecule has 1 heterocycles. The topological polar surface area (TPSA) is 54.3 Å². The van der Waals surface area contributed by atoms with Crippen molar-refractivity contribution < 1.29 is 9.21 Å². The standard InChI is InChI=1S/C13H14N2O2/c16-13(15-12-7-4-10-17-12)14-9-8-11-5-2-1-3-6-11/h1-7,10H,8-9H2,(H2,14,15,16). The number of anilines is 1. The number of nitrogens with one attached hydrogen (secondary N) is 2. The molecule has 0 bridgehead atoms. The van der Waals surface area contributed by atoms with Gasteiger partial charge in [0.05, 0.1) is 6.26 Å². The molecule has 0 aliphatic rings. The fourth-order valence-electron chi connectivity index (χ4n) is 1.47. The minimum Gasteiger partial charge on any atom is -0.449 e. The molecule has 0 saturated carbocycles. The van der Waals surface area contributed by atoms with Crippen molar-refractivity contribution in [1.82, 2.24) is 5.32 Å². The van der Waals surface area contributed by atoms with E-state index in [9.17, 15) is 4.79 Å². The molecule has 1 aromatic carbocycles. The molecule has 0 radical (unpaired) electrons. The van der Waals surface area contributed by atoms with Gasteiger partial charge in [0.25, 0.3) is 0 Å². The minimum absolute atomic E-state index is 0.254. The van der Waals surface area contributed by atoms with Crippen molar-refractivity contribution in [2.24, 2.45) is 0 Å². The van der Waals surface area contributed by atoms with E-state index >= 15 is 0 Å². The first kappa shape index (κ1) is 11.3. The van der Waals surface area contributed by atoms with Gasteiger partial charge in [0.1, 0.15) is 0 Å². The van der Waals surface area contributed by atoms with Crippen LogP contribution in [0.15, 0.2) is 53.1 Å². The molecule has 0 saturated heterocycles. The van der Waals surface area contributed by atoms with Crippen molar-refractivity contribution in [3.05, 3.63) is 54.3 Å². The maximum atomic E-state index is 11.4. The molecule has 4 heteroatoms. The van der Waals surface area contributed by atoms with E-state index in [4.69, 9.17) is 4.42 Å². The Kier molecular flexibility index (Phi) is 3.81. The summed E-state index contributed by atoms with van der Waals surface area (Å²) in [5.74, 6) is 0.446. The molecule has 0 fully saturated rings. The molecule has 17 heavy (non-hydrogen) atoms. The highest BCUT2D eigenvalue weighted by Crippen LogP contribution is 2.05. The molecule has 2 N–H and O–H groups in total. The summed E-state index contributed by atoms with van der Waals surface area (Å²) in [5, 5.41) is 5.35. The second-order valence-electron chi connectivity index (χ2n) is 3.59. The molecule has 0 unspecified atom stereocenters. The summed E-state index contributed by atoms with van der Waals surface area (Å²) in [6, 6.07) is 13.2. The molecule has 2 amide bonds. The van der Waals surface area contributed by atoms with Crippen LogP contribution in [0, 0.1) is 0 Å². The second-order valence-corrected chi connectivity index (χ2v) is 3.59. The number of urea groups is 1. The molecule has 0 atom stereocenters. The van der Waals surface area contributed by atoms with Gasteiger partial charge in [-0.3, -0.25) is 5.32 Å². The van der Waals surface area contributed by atoms with E-state index in [0.29, 0.717) is 12.4 Å². The van der Waals surface area contributed by atoms with Gasteiger partial charge in [-0.15, -0.1) is 0 Å². The Morgan fingerprint density at radius 3 is 2.65 bits per heavy atom. The van der Waals surface area contributed by atoms with E-state index in [2.05, 4.69) is 10.6 Å². The third-order valence-corrected chi connectivity index (χ3v) is 2.30. The molecular weight excluding hydrogens is 216 g/mol. The SMILES string of the molecule is O=C(NCCc1ccccc1)Nc1ccco1. The van der Waals surface area contributed by atoms with Gasteiger partial charge >= 0.3 is 6.03 Å². The van der Waals surface area contributed by atoms with Crippen LogP contribution in [0.4, 0.5) is 10.7 Å². The van der Waals surface area contributed by atoms with Crippen LogP contribution in [-0.2, 0) is 6.42 Å². The zero-order valence-electron chi connectivity index (χ0n) is 9.35. The van der Waals surface area contributed by atoms with Crippen molar-refractivity contribution in [2.75, 3.05) is 11.9 Å². The summed E-state index contributed by atoms with van der Waals surface area (Å²) in [5.41, 5.74) is 1.20. The van der Waals surface area contributed by atoms with Gasteiger partial charge in [-0.25, -0.2) is 4.79 Å². The van der Waals surface area contributed by atoms with Crippen LogP contribution < -0.4 is 10.6 Å². The summed E-state index contributed by atoms with van der Waals surface area (Å²) in [6.07, 6.45) is 2.33. The summed E-state index contributed by atoms with van der Waals surface area (Å²) in [7, 11) is 0. The van der Waals surface area contributed by atoms with Gasteiger partial charge in [-0.2, -0.15) is 0 Å². The predicted molar refractivity (Wildman–Crippen MR) is 65.9 cm³/mol. The van der Waals surface area contributed by atoms with E-state index in [-0.39, 0.29) is 6.03 Å². The van der Waals surface area contributed by atoms with Gasteiger partial charge in [0, 0.05) is 12.6 Å². The average Bonchev–Trinajstić information content (AvgIpc) is 2.83. The van der Waals surface area contributed by atoms with Gasteiger partial charge in [-0.1, -0.05) is 30.3 Å². The quantitative estimate of drug-likeness (QED) is 0.848. The van der Waals surface area contributed by atoms with Crippen molar-refractivity contribution in [2.45, 2.75) is 6.42 Å². The highest BCUT2D eigenvalue weighted by molar-refractivity contribution is 5.87. The molecule has 2 rings (SSSR count). The molecule has 88 valence electrons. The first-order valence-corrected chi connectivity index (χ1v) is 5.47. The van der Waals surface area contributed by atoms with Gasteiger partial charge in [0.2, 0.25) is 5.88 Å². The van der Waals surface area contributed by atoms with Crippen molar-refractivity contribution in [1.29, 1.82) is 0 Å². The summed E-state index contributed by atoms with van der Waals surface area (Å²) >= 11 is 0. The lowest BCUT2D eigenvalue weighted by Gasteiger charge is -2.05. The monoisotopic (exact) mass is 230 g/mol. The Morgan fingerprint density at radius 2 is 1.94 bits per heavy atom. The Morgan fingerprint density at radius 1 is 1.12 bits per heavy atom. The maximum Gasteiger partial charge on any atom is 0.321 e. The third kappa shape index (κ3) is 3.68. The first-order valence-electron chi connectivity index (χ1n) is 5.47. The molecule has 2 aromatic rings. The second kappa shape index (κ2) is 5.75.